The van der Waals surface area contributed by atoms with Crippen LogP contribution in [0.25, 0.3) is 0 Å². The second-order valence-electron chi connectivity index (χ2n) is 6.43. The van der Waals surface area contributed by atoms with Crippen LogP contribution in [-0.2, 0) is 14.6 Å². The third-order valence-corrected chi connectivity index (χ3v) is 6.72. The summed E-state index contributed by atoms with van der Waals surface area (Å²) in [6, 6.07) is -0.128. The monoisotopic (exact) mass is 301 g/mol. The average Bonchev–Trinajstić information content (AvgIpc) is 3.02. The minimum absolute atomic E-state index is 0.0556. The molecule has 3 heterocycles. The molecule has 3 aliphatic heterocycles. The van der Waals surface area contributed by atoms with E-state index in [1.54, 1.807) is 11.9 Å². The molecule has 0 bridgehead atoms. The quantitative estimate of drug-likeness (QED) is 0.708. The van der Waals surface area contributed by atoms with Crippen molar-refractivity contribution in [1.82, 2.24) is 15.1 Å². The zero-order valence-corrected chi connectivity index (χ0v) is 12.7. The van der Waals surface area contributed by atoms with E-state index < -0.39 is 9.84 Å². The number of carbonyl (C=O) groups is 1. The molecule has 0 aromatic heterocycles. The Kier molecular flexibility index (Phi) is 3.77. The second-order valence-corrected chi connectivity index (χ2v) is 8.66. The van der Waals surface area contributed by atoms with Crippen molar-refractivity contribution in [1.29, 1.82) is 0 Å². The minimum Gasteiger partial charge on any atom is -0.341 e. The molecule has 0 radical (unpaired) electrons. The first-order valence-corrected chi connectivity index (χ1v) is 9.16. The van der Waals surface area contributed by atoms with Crippen LogP contribution in [0, 0.1) is 11.8 Å². The van der Waals surface area contributed by atoms with Crippen LogP contribution in [0.3, 0.4) is 0 Å². The van der Waals surface area contributed by atoms with Gasteiger partial charge < -0.3 is 10.2 Å². The molecule has 7 heteroatoms. The third-order valence-electron chi connectivity index (χ3n) is 4.97. The van der Waals surface area contributed by atoms with Gasteiger partial charge in [-0.2, -0.15) is 0 Å². The van der Waals surface area contributed by atoms with Gasteiger partial charge in [0.25, 0.3) is 0 Å². The molecule has 0 aromatic rings. The highest BCUT2D eigenvalue weighted by molar-refractivity contribution is 7.91. The summed E-state index contributed by atoms with van der Waals surface area (Å²) in [5.74, 6) is 1.76. The Morgan fingerprint density at radius 2 is 1.95 bits per heavy atom. The lowest BCUT2D eigenvalue weighted by Crippen LogP contribution is -2.44. The number of carbonyl (C=O) groups excluding carboxylic acids is 1. The van der Waals surface area contributed by atoms with Gasteiger partial charge in [-0.1, -0.05) is 0 Å². The number of fused-ring (bicyclic) bond motifs is 1. The summed E-state index contributed by atoms with van der Waals surface area (Å²) in [7, 11) is -1.19. The lowest BCUT2D eigenvalue weighted by Gasteiger charge is -2.26. The van der Waals surface area contributed by atoms with Crippen LogP contribution in [0.5, 0.6) is 0 Å². The number of hydrogen-bond acceptors (Lipinski definition) is 5. The van der Waals surface area contributed by atoms with Crippen molar-refractivity contribution in [3.8, 4) is 0 Å². The number of likely N-dealkylation sites (tertiary alicyclic amines) is 1. The van der Waals surface area contributed by atoms with Gasteiger partial charge in [0, 0.05) is 26.2 Å². The van der Waals surface area contributed by atoms with Crippen molar-refractivity contribution in [2.24, 2.45) is 11.8 Å². The van der Waals surface area contributed by atoms with E-state index in [0.717, 1.165) is 26.2 Å². The summed E-state index contributed by atoms with van der Waals surface area (Å²) in [6.07, 6.45) is 0.583. The van der Waals surface area contributed by atoms with Crippen molar-refractivity contribution >= 4 is 15.7 Å². The van der Waals surface area contributed by atoms with Crippen LogP contribution in [0.2, 0.25) is 0 Å². The predicted octanol–water partition coefficient (Wildman–Crippen LogP) is -1.22. The van der Waals surface area contributed by atoms with Gasteiger partial charge in [0.15, 0.2) is 9.84 Å². The van der Waals surface area contributed by atoms with Crippen LogP contribution in [0.15, 0.2) is 0 Å². The Bertz CT molecular complexity index is 481. The summed E-state index contributed by atoms with van der Waals surface area (Å²) in [5.41, 5.74) is 0. The molecule has 3 fully saturated rings. The normalized spacial score (nSPS) is 36.1. The fourth-order valence-corrected chi connectivity index (χ4v) is 5.44. The van der Waals surface area contributed by atoms with Crippen molar-refractivity contribution in [3.05, 3.63) is 0 Å². The first kappa shape index (κ1) is 14.3. The standard InChI is InChI=1S/C13H23N3O3S/c1-15(12-2-3-20(18,19)9-12)13(17)8-16-6-10-4-14-5-11(10)7-16/h10-12,14H,2-9H2,1H3/t10-,11+,12?. The summed E-state index contributed by atoms with van der Waals surface area (Å²) >= 11 is 0. The van der Waals surface area contributed by atoms with Crippen LogP contribution >= 0.6 is 0 Å². The molecule has 0 aliphatic carbocycles. The maximum absolute atomic E-state index is 12.3. The Morgan fingerprint density at radius 3 is 2.50 bits per heavy atom. The van der Waals surface area contributed by atoms with Crippen molar-refractivity contribution in [3.63, 3.8) is 0 Å². The van der Waals surface area contributed by atoms with Crippen molar-refractivity contribution in [2.75, 3.05) is 51.3 Å². The van der Waals surface area contributed by atoms with Gasteiger partial charge >= 0.3 is 0 Å². The number of rotatable bonds is 3. The first-order chi connectivity index (χ1) is 9.44. The molecule has 3 rings (SSSR count). The lowest BCUT2D eigenvalue weighted by atomic mass is 10.0. The summed E-state index contributed by atoms with van der Waals surface area (Å²) in [4.78, 5) is 16.2. The summed E-state index contributed by atoms with van der Waals surface area (Å²) in [5, 5.41) is 3.39. The molecular weight excluding hydrogens is 278 g/mol. The third kappa shape index (κ3) is 2.84. The molecule has 1 amide bonds. The van der Waals surface area contributed by atoms with Gasteiger partial charge in [0.2, 0.25) is 5.91 Å². The Morgan fingerprint density at radius 1 is 1.30 bits per heavy atom. The number of nitrogens with one attached hydrogen (secondary N) is 1. The number of hydrogen-bond donors (Lipinski definition) is 1. The van der Waals surface area contributed by atoms with Crippen LogP contribution in [-0.4, -0.2) is 81.4 Å². The van der Waals surface area contributed by atoms with Crippen LogP contribution in [0.1, 0.15) is 6.42 Å². The largest absolute Gasteiger partial charge is 0.341 e. The highest BCUT2D eigenvalue weighted by Gasteiger charge is 2.38. The minimum atomic E-state index is -2.93. The Hall–Kier alpha value is -0.660. The van der Waals surface area contributed by atoms with E-state index in [0.29, 0.717) is 24.8 Å². The van der Waals surface area contributed by atoms with Gasteiger partial charge in [-0.15, -0.1) is 0 Å². The van der Waals surface area contributed by atoms with E-state index in [2.05, 4.69) is 10.2 Å². The first-order valence-electron chi connectivity index (χ1n) is 7.34. The topological polar surface area (TPSA) is 69.7 Å². The Balaban J connectivity index is 1.52. The van der Waals surface area contributed by atoms with E-state index in [4.69, 9.17) is 0 Å². The van der Waals surface area contributed by atoms with E-state index in [-0.39, 0.29) is 23.5 Å². The maximum Gasteiger partial charge on any atom is 0.236 e. The zero-order chi connectivity index (χ0) is 14.3. The molecule has 3 saturated heterocycles. The van der Waals surface area contributed by atoms with Gasteiger partial charge in [-0.3, -0.25) is 9.69 Å². The zero-order valence-electron chi connectivity index (χ0n) is 11.9. The average molecular weight is 301 g/mol. The van der Waals surface area contributed by atoms with Crippen LogP contribution < -0.4 is 5.32 Å². The summed E-state index contributed by atoms with van der Waals surface area (Å²) < 4.78 is 23.0. The number of sulfone groups is 1. The molecule has 1 unspecified atom stereocenters. The smallest absolute Gasteiger partial charge is 0.236 e. The van der Waals surface area contributed by atoms with Gasteiger partial charge in [-0.05, 0) is 31.3 Å². The number of amides is 1. The second kappa shape index (κ2) is 5.27. The predicted molar refractivity (Wildman–Crippen MR) is 76.1 cm³/mol. The lowest BCUT2D eigenvalue weighted by molar-refractivity contribution is -0.132. The molecule has 3 aliphatic rings. The molecule has 20 heavy (non-hydrogen) atoms. The molecule has 6 nitrogen and oxygen atoms in total. The molecular formula is C13H23N3O3S. The molecule has 1 N–H and O–H groups in total. The molecule has 3 atom stereocenters. The van der Waals surface area contributed by atoms with E-state index in [1.807, 2.05) is 0 Å². The molecule has 0 spiro atoms. The van der Waals surface area contributed by atoms with Gasteiger partial charge in [0.05, 0.1) is 18.1 Å². The highest BCUT2D eigenvalue weighted by atomic mass is 32.2. The van der Waals surface area contributed by atoms with Crippen molar-refractivity contribution < 1.29 is 13.2 Å². The van der Waals surface area contributed by atoms with Crippen molar-refractivity contribution in [2.45, 2.75) is 12.5 Å². The maximum atomic E-state index is 12.3. The van der Waals surface area contributed by atoms with Crippen LogP contribution in [0.4, 0.5) is 0 Å². The Labute approximate surface area is 120 Å². The molecule has 0 aromatic carbocycles. The van der Waals surface area contributed by atoms with E-state index in [1.165, 1.54) is 0 Å². The van der Waals surface area contributed by atoms with E-state index in [9.17, 15) is 13.2 Å². The highest BCUT2D eigenvalue weighted by Crippen LogP contribution is 2.26. The number of nitrogens with zero attached hydrogens (tertiary/aromatic N) is 2. The fraction of sp³-hybridized carbons (Fsp3) is 0.923. The van der Waals surface area contributed by atoms with E-state index >= 15 is 0 Å². The molecule has 114 valence electrons. The van der Waals surface area contributed by atoms with Gasteiger partial charge in [-0.25, -0.2) is 8.42 Å². The van der Waals surface area contributed by atoms with Gasteiger partial charge in [0.1, 0.15) is 0 Å². The molecule has 0 saturated carbocycles. The fourth-order valence-electron chi connectivity index (χ4n) is 3.67. The SMILES string of the molecule is CN(C(=O)CN1C[C@H]2CNC[C@H]2C1)C1CCS(=O)(=O)C1. The number of likely N-dealkylation sites (N-methyl/N-ethyl adjacent to an activating group) is 1. The summed E-state index contributed by atoms with van der Waals surface area (Å²) in [6.45, 7) is 4.53.